The summed E-state index contributed by atoms with van der Waals surface area (Å²) in [5, 5.41) is 0. The van der Waals surface area contributed by atoms with E-state index in [9.17, 15) is 0 Å². The molecule has 0 aliphatic heterocycles. The molecule has 1 aliphatic carbocycles. The molecular weight excluding hydrogens is 132 g/mol. The van der Waals surface area contributed by atoms with Gasteiger partial charge in [0.1, 0.15) is 0 Å². The van der Waals surface area contributed by atoms with Crippen LogP contribution in [-0.4, -0.2) is 0 Å². The lowest BCUT2D eigenvalue weighted by atomic mass is 9.79. The molecule has 1 rings (SSSR count). The third-order valence-corrected chi connectivity index (χ3v) is 2.08. The standard InChI is InChI=1S/C11H17/c1-9-7-5-6-8-10(9)11(2,3)4/h6-8H,5H2,1-4H3. The molecule has 1 radical (unpaired) electrons. The predicted molar refractivity (Wildman–Crippen MR) is 50.2 cm³/mol. The van der Waals surface area contributed by atoms with Crippen LogP contribution in [0.3, 0.4) is 0 Å². The van der Waals surface area contributed by atoms with Crippen molar-refractivity contribution in [2.75, 3.05) is 0 Å². The van der Waals surface area contributed by atoms with Crippen LogP contribution in [0.5, 0.6) is 0 Å². The largest absolute Gasteiger partial charge is 0.0807 e. The smallest absolute Gasteiger partial charge is 0.0126 e. The Morgan fingerprint density at radius 3 is 2.27 bits per heavy atom. The molecule has 1 aliphatic rings. The molecule has 0 nitrogen and oxygen atoms in total. The highest BCUT2D eigenvalue weighted by molar-refractivity contribution is 5.38. The zero-order valence-electron chi connectivity index (χ0n) is 7.94. The highest BCUT2D eigenvalue weighted by atomic mass is 14.2. The molecule has 0 atom stereocenters. The number of rotatable bonds is 0. The van der Waals surface area contributed by atoms with Gasteiger partial charge in [-0.3, -0.25) is 0 Å². The Morgan fingerprint density at radius 2 is 1.91 bits per heavy atom. The monoisotopic (exact) mass is 149 g/mol. The van der Waals surface area contributed by atoms with Gasteiger partial charge in [0, 0.05) is 0 Å². The lowest BCUT2D eigenvalue weighted by Crippen LogP contribution is -2.12. The minimum absolute atomic E-state index is 0.303. The van der Waals surface area contributed by atoms with Crippen LogP contribution < -0.4 is 0 Å². The zero-order chi connectivity index (χ0) is 8.48. The summed E-state index contributed by atoms with van der Waals surface area (Å²) in [5.74, 6) is 0. The summed E-state index contributed by atoms with van der Waals surface area (Å²) in [5.41, 5.74) is 3.22. The van der Waals surface area contributed by atoms with Crippen LogP contribution >= 0.6 is 0 Å². The van der Waals surface area contributed by atoms with Crippen LogP contribution in [0.1, 0.15) is 34.1 Å². The molecule has 0 spiro atoms. The molecule has 0 aromatic heterocycles. The van der Waals surface area contributed by atoms with E-state index in [4.69, 9.17) is 0 Å². The van der Waals surface area contributed by atoms with Crippen LogP contribution in [0.15, 0.2) is 23.3 Å². The van der Waals surface area contributed by atoms with Gasteiger partial charge in [0.2, 0.25) is 0 Å². The van der Waals surface area contributed by atoms with Crippen molar-refractivity contribution in [1.29, 1.82) is 0 Å². The van der Waals surface area contributed by atoms with E-state index < -0.39 is 0 Å². The van der Waals surface area contributed by atoms with Gasteiger partial charge in [-0.15, -0.1) is 0 Å². The van der Waals surface area contributed by atoms with Crippen molar-refractivity contribution in [3.8, 4) is 0 Å². The topological polar surface area (TPSA) is 0 Å². The fourth-order valence-electron chi connectivity index (χ4n) is 1.51. The molecule has 0 fully saturated rings. The van der Waals surface area contributed by atoms with Crippen molar-refractivity contribution in [1.82, 2.24) is 0 Å². The summed E-state index contributed by atoms with van der Waals surface area (Å²) in [6.45, 7) is 8.98. The quantitative estimate of drug-likeness (QED) is 0.494. The maximum absolute atomic E-state index is 2.29. The van der Waals surface area contributed by atoms with E-state index in [0.29, 0.717) is 5.41 Å². The number of hydrogen-bond acceptors (Lipinski definition) is 0. The first-order valence-corrected chi connectivity index (χ1v) is 4.23. The van der Waals surface area contributed by atoms with E-state index in [0.717, 1.165) is 6.42 Å². The minimum atomic E-state index is 0.303. The predicted octanol–water partition coefficient (Wildman–Crippen LogP) is 3.51. The van der Waals surface area contributed by atoms with Gasteiger partial charge < -0.3 is 0 Å². The first kappa shape index (κ1) is 8.58. The highest BCUT2D eigenvalue weighted by Crippen LogP contribution is 2.33. The lowest BCUT2D eigenvalue weighted by molar-refractivity contribution is 0.508. The fourth-order valence-corrected chi connectivity index (χ4v) is 1.51. The van der Waals surface area contributed by atoms with E-state index in [1.807, 2.05) is 0 Å². The molecular formula is C11H17. The minimum Gasteiger partial charge on any atom is -0.0807 e. The number of allylic oxidation sites excluding steroid dienone is 4. The molecule has 61 valence electrons. The lowest BCUT2D eigenvalue weighted by Gasteiger charge is -2.26. The molecule has 0 saturated heterocycles. The van der Waals surface area contributed by atoms with E-state index in [1.54, 1.807) is 0 Å². The zero-order valence-corrected chi connectivity index (χ0v) is 7.94. The van der Waals surface area contributed by atoms with E-state index in [1.165, 1.54) is 11.1 Å². The Kier molecular flexibility index (Phi) is 2.22. The Bertz CT molecular complexity index is 199. The second kappa shape index (κ2) is 2.84. The molecule has 0 saturated carbocycles. The molecule has 11 heavy (non-hydrogen) atoms. The molecule has 0 aromatic carbocycles. The van der Waals surface area contributed by atoms with Crippen LogP contribution in [0.25, 0.3) is 0 Å². The van der Waals surface area contributed by atoms with Crippen LogP contribution in [0, 0.1) is 11.8 Å². The van der Waals surface area contributed by atoms with Crippen molar-refractivity contribution in [3.05, 3.63) is 29.7 Å². The van der Waals surface area contributed by atoms with Crippen molar-refractivity contribution < 1.29 is 0 Å². The molecule has 0 amide bonds. The normalized spacial score (nSPS) is 19.3. The van der Waals surface area contributed by atoms with Gasteiger partial charge in [0.15, 0.2) is 0 Å². The first-order valence-electron chi connectivity index (χ1n) is 4.23. The molecule has 0 heteroatoms. The summed E-state index contributed by atoms with van der Waals surface area (Å²) < 4.78 is 0. The highest BCUT2D eigenvalue weighted by Gasteiger charge is 2.19. The molecule has 0 unspecified atom stereocenters. The van der Waals surface area contributed by atoms with Gasteiger partial charge in [0.25, 0.3) is 0 Å². The average molecular weight is 149 g/mol. The summed E-state index contributed by atoms with van der Waals surface area (Å²) in [4.78, 5) is 0. The van der Waals surface area contributed by atoms with Crippen molar-refractivity contribution in [3.63, 3.8) is 0 Å². The maximum atomic E-state index is 2.29. The van der Waals surface area contributed by atoms with Crippen molar-refractivity contribution in [2.24, 2.45) is 5.41 Å². The second-order valence-corrected chi connectivity index (χ2v) is 4.19. The third-order valence-electron chi connectivity index (χ3n) is 2.08. The summed E-state index contributed by atoms with van der Waals surface area (Å²) in [6.07, 6.45) is 7.88. The van der Waals surface area contributed by atoms with Crippen LogP contribution in [0.4, 0.5) is 0 Å². The molecule has 0 heterocycles. The van der Waals surface area contributed by atoms with E-state index in [2.05, 4.69) is 46.3 Å². The van der Waals surface area contributed by atoms with E-state index in [-0.39, 0.29) is 0 Å². The van der Waals surface area contributed by atoms with Crippen LogP contribution in [0.2, 0.25) is 0 Å². The van der Waals surface area contributed by atoms with Gasteiger partial charge in [-0.2, -0.15) is 0 Å². The summed E-state index contributed by atoms with van der Waals surface area (Å²) >= 11 is 0. The number of hydrogen-bond donors (Lipinski definition) is 0. The Labute approximate surface area is 70.0 Å². The van der Waals surface area contributed by atoms with E-state index >= 15 is 0 Å². The SMILES string of the molecule is CC1=CC[CH]C=C1C(C)(C)C. The van der Waals surface area contributed by atoms with Gasteiger partial charge in [-0.05, 0) is 30.8 Å². The van der Waals surface area contributed by atoms with Crippen molar-refractivity contribution >= 4 is 0 Å². The van der Waals surface area contributed by atoms with Crippen LogP contribution in [-0.2, 0) is 0 Å². The fraction of sp³-hybridized carbons (Fsp3) is 0.545. The Balaban J connectivity index is 2.87. The van der Waals surface area contributed by atoms with Gasteiger partial charge >= 0.3 is 0 Å². The third kappa shape index (κ3) is 1.95. The summed E-state index contributed by atoms with van der Waals surface area (Å²) in [7, 11) is 0. The second-order valence-electron chi connectivity index (χ2n) is 4.19. The molecule has 0 aromatic rings. The first-order chi connectivity index (χ1) is 5.02. The van der Waals surface area contributed by atoms with Gasteiger partial charge in [0.05, 0.1) is 0 Å². The van der Waals surface area contributed by atoms with Crippen molar-refractivity contribution in [2.45, 2.75) is 34.1 Å². The Hall–Kier alpha value is -0.520. The van der Waals surface area contributed by atoms with Gasteiger partial charge in [-0.1, -0.05) is 38.5 Å². The molecule has 0 N–H and O–H groups in total. The van der Waals surface area contributed by atoms with Gasteiger partial charge in [-0.25, -0.2) is 0 Å². The maximum Gasteiger partial charge on any atom is -0.0126 e. The molecule has 0 bridgehead atoms. The summed E-state index contributed by atoms with van der Waals surface area (Å²) in [6, 6.07) is 0. The average Bonchev–Trinajstić information content (AvgIpc) is 1.86. The Morgan fingerprint density at radius 1 is 1.27 bits per heavy atom.